The average molecular weight is 324 g/mol. The van der Waals surface area contributed by atoms with Crippen LogP contribution in [0.25, 0.3) is 0 Å². The van der Waals surface area contributed by atoms with Gasteiger partial charge in [-0.1, -0.05) is 56.1 Å². The average Bonchev–Trinajstić information content (AvgIpc) is 2.36. The van der Waals surface area contributed by atoms with E-state index in [0.29, 0.717) is 16.9 Å². The van der Waals surface area contributed by atoms with E-state index in [-0.39, 0.29) is 5.41 Å². The Kier molecular flexibility index (Phi) is 4.80. The van der Waals surface area contributed by atoms with Gasteiger partial charge in [0.1, 0.15) is 22.7 Å². The maximum Gasteiger partial charge on any atom is 0.137 e. The highest BCUT2D eigenvalue weighted by atomic mass is 35.5. The summed E-state index contributed by atoms with van der Waals surface area (Å²) in [7, 11) is 0. The topological polar surface area (TPSA) is 22.1 Å². The van der Waals surface area contributed by atoms with Crippen molar-refractivity contribution in [2.75, 3.05) is 0 Å². The summed E-state index contributed by atoms with van der Waals surface area (Å²) in [5.41, 5.74) is 3.18. The number of rotatable bonds is 3. The molecule has 1 aromatic carbocycles. The maximum atomic E-state index is 6.08. The molecule has 0 aliphatic heterocycles. The van der Waals surface area contributed by atoms with Crippen molar-refractivity contribution < 1.29 is 4.74 Å². The first-order chi connectivity index (χ1) is 9.77. The minimum absolute atomic E-state index is 0.0189. The summed E-state index contributed by atoms with van der Waals surface area (Å²) in [6.07, 6.45) is 0. The fourth-order valence-corrected chi connectivity index (χ4v) is 2.47. The first kappa shape index (κ1) is 16.1. The van der Waals surface area contributed by atoms with Crippen molar-refractivity contribution >= 4 is 23.2 Å². The molecule has 0 amide bonds. The summed E-state index contributed by atoms with van der Waals surface area (Å²) in [6.45, 7) is 8.93. The van der Waals surface area contributed by atoms with Gasteiger partial charge in [0.15, 0.2) is 0 Å². The van der Waals surface area contributed by atoms with Crippen molar-refractivity contribution in [2.24, 2.45) is 0 Å². The summed E-state index contributed by atoms with van der Waals surface area (Å²) in [5, 5.41) is 0.766. The Labute approximate surface area is 136 Å². The number of hydrogen-bond donors (Lipinski definition) is 0. The Bertz CT molecular complexity index is 648. The lowest BCUT2D eigenvalue weighted by molar-refractivity contribution is 0.297. The third-order valence-corrected chi connectivity index (χ3v) is 3.76. The molecule has 0 atom stereocenters. The van der Waals surface area contributed by atoms with Gasteiger partial charge in [0, 0.05) is 5.56 Å². The molecule has 0 saturated heterocycles. The zero-order chi connectivity index (χ0) is 15.6. The zero-order valence-electron chi connectivity index (χ0n) is 12.7. The van der Waals surface area contributed by atoms with Crippen molar-refractivity contribution in [3.05, 3.63) is 57.3 Å². The van der Waals surface area contributed by atoms with Crippen LogP contribution in [-0.4, -0.2) is 4.98 Å². The van der Waals surface area contributed by atoms with Crippen molar-refractivity contribution in [2.45, 2.75) is 39.7 Å². The molecular weight excluding hydrogens is 305 g/mol. The van der Waals surface area contributed by atoms with Crippen molar-refractivity contribution in [1.82, 2.24) is 4.98 Å². The zero-order valence-corrected chi connectivity index (χ0v) is 14.2. The third kappa shape index (κ3) is 4.12. The number of ether oxygens (including phenoxy) is 1. The molecule has 0 spiro atoms. The van der Waals surface area contributed by atoms with Gasteiger partial charge in [-0.15, -0.1) is 0 Å². The lowest BCUT2D eigenvalue weighted by Crippen LogP contribution is -2.13. The van der Waals surface area contributed by atoms with Crippen LogP contribution in [0, 0.1) is 6.92 Å². The van der Waals surface area contributed by atoms with Gasteiger partial charge in [-0.2, -0.15) is 0 Å². The van der Waals surface area contributed by atoms with Gasteiger partial charge in [0.25, 0.3) is 0 Å². The van der Waals surface area contributed by atoms with E-state index in [0.717, 1.165) is 11.3 Å². The number of benzene rings is 1. The molecule has 0 aliphatic carbocycles. The van der Waals surface area contributed by atoms with E-state index in [4.69, 9.17) is 27.9 Å². The standard InChI is InChI=1S/C17H19Cl2NO/c1-11-5-7-13(17(2,3)4)14(9-11)21-10-12-6-8-15(18)20-16(12)19/h5-9H,10H2,1-4H3. The largest absolute Gasteiger partial charge is 0.488 e. The van der Waals surface area contributed by atoms with E-state index in [1.54, 1.807) is 6.07 Å². The van der Waals surface area contributed by atoms with Crippen molar-refractivity contribution in [1.29, 1.82) is 0 Å². The Morgan fingerprint density at radius 3 is 2.43 bits per heavy atom. The molecule has 112 valence electrons. The molecule has 21 heavy (non-hydrogen) atoms. The smallest absolute Gasteiger partial charge is 0.137 e. The number of nitrogens with zero attached hydrogens (tertiary/aromatic N) is 1. The maximum absolute atomic E-state index is 6.08. The summed E-state index contributed by atoms with van der Waals surface area (Å²) in [6, 6.07) is 9.83. The molecule has 2 rings (SSSR count). The summed E-state index contributed by atoms with van der Waals surface area (Å²) >= 11 is 11.9. The summed E-state index contributed by atoms with van der Waals surface area (Å²) in [5.74, 6) is 0.883. The predicted octanol–water partition coefficient (Wildman–Crippen LogP) is 5.57. The van der Waals surface area contributed by atoms with Crippen molar-refractivity contribution in [3.63, 3.8) is 0 Å². The highest BCUT2D eigenvalue weighted by Gasteiger charge is 2.19. The van der Waals surface area contributed by atoms with E-state index < -0.39 is 0 Å². The second kappa shape index (κ2) is 6.25. The van der Waals surface area contributed by atoms with E-state index in [1.165, 1.54) is 11.1 Å². The SMILES string of the molecule is Cc1ccc(C(C)(C)C)c(OCc2ccc(Cl)nc2Cl)c1. The Balaban J connectivity index is 2.25. The van der Waals surface area contributed by atoms with Gasteiger partial charge in [0.05, 0.1) is 0 Å². The molecule has 1 aromatic heterocycles. The first-order valence-electron chi connectivity index (χ1n) is 6.82. The molecule has 0 unspecified atom stereocenters. The molecule has 4 heteroatoms. The number of pyridine rings is 1. The summed E-state index contributed by atoms with van der Waals surface area (Å²) < 4.78 is 5.98. The molecule has 0 radical (unpaired) electrons. The Hall–Kier alpha value is -1.25. The van der Waals surface area contributed by atoms with E-state index in [1.807, 2.05) is 6.07 Å². The van der Waals surface area contributed by atoms with Crippen LogP contribution in [0.5, 0.6) is 5.75 Å². The normalized spacial score (nSPS) is 11.5. The van der Waals surface area contributed by atoms with Crippen LogP contribution >= 0.6 is 23.2 Å². The molecule has 2 nitrogen and oxygen atoms in total. The van der Waals surface area contributed by atoms with Gasteiger partial charge in [0.2, 0.25) is 0 Å². The van der Waals surface area contributed by atoms with Gasteiger partial charge in [-0.05, 0) is 41.7 Å². The molecule has 0 bridgehead atoms. The van der Waals surface area contributed by atoms with E-state index in [9.17, 15) is 0 Å². The number of halogens is 2. The second-order valence-corrected chi connectivity index (χ2v) is 6.87. The lowest BCUT2D eigenvalue weighted by atomic mass is 9.86. The van der Waals surface area contributed by atoms with Crippen LogP contribution < -0.4 is 4.74 Å². The second-order valence-electron chi connectivity index (χ2n) is 6.12. The van der Waals surface area contributed by atoms with Gasteiger partial charge < -0.3 is 4.74 Å². The van der Waals surface area contributed by atoms with Crippen LogP contribution in [0.2, 0.25) is 10.3 Å². The van der Waals surface area contributed by atoms with Crippen molar-refractivity contribution in [3.8, 4) is 5.75 Å². The molecule has 0 N–H and O–H groups in total. The Morgan fingerprint density at radius 2 is 1.81 bits per heavy atom. The predicted molar refractivity (Wildman–Crippen MR) is 88.5 cm³/mol. The minimum atomic E-state index is 0.0189. The molecule has 2 aromatic rings. The Morgan fingerprint density at radius 1 is 1.10 bits per heavy atom. The van der Waals surface area contributed by atoms with Gasteiger partial charge in [-0.25, -0.2) is 4.98 Å². The molecule has 0 aliphatic rings. The number of hydrogen-bond acceptors (Lipinski definition) is 2. The summed E-state index contributed by atoms with van der Waals surface area (Å²) in [4.78, 5) is 4.03. The fraction of sp³-hybridized carbons (Fsp3) is 0.353. The molecular formula is C17H19Cl2NO. The molecule has 0 saturated carbocycles. The minimum Gasteiger partial charge on any atom is -0.488 e. The lowest BCUT2D eigenvalue weighted by Gasteiger charge is -2.23. The van der Waals surface area contributed by atoms with Gasteiger partial charge >= 0.3 is 0 Å². The van der Waals surface area contributed by atoms with E-state index >= 15 is 0 Å². The van der Waals surface area contributed by atoms with E-state index in [2.05, 4.69) is 50.9 Å². The van der Waals surface area contributed by atoms with Crippen LogP contribution in [-0.2, 0) is 12.0 Å². The molecule has 1 heterocycles. The van der Waals surface area contributed by atoms with Gasteiger partial charge in [-0.3, -0.25) is 0 Å². The highest BCUT2D eigenvalue weighted by molar-refractivity contribution is 6.32. The molecule has 0 fully saturated rings. The van der Waals surface area contributed by atoms with Crippen LogP contribution in [0.3, 0.4) is 0 Å². The van der Waals surface area contributed by atoms with Crippen LogP contribution in [0.4, 0.5) is 0 Å². The van der Waals surface area contributed by atoms with Crippen LogP contribution in [0.15, 0.2) is 30.3 Å². The number of aromatic nitrogens is 1. The third-order valence-electron chi connectivity index (χ3n) is 3.22. The number of aryl methyl sites for hydroxylation is 1. The quantitative estimate of drug-likeness (QED) is 0.688. The monoisotopic (exact) mass is 323 g/mol. The first-order valence-corrected chi connectivity index (χ1v) is 7.58. The fourth-order valence-electron chi connectivity index (χ4n) is 2.07. The van der Waals surface area contributed by atoms with Crippen LogP contribution in [0.1, 0.15) is 37.5 Å². The highest BCUT2D eigenvalue weighted by Crippen LogP contribution is 2.33.